The standard InChI is InChI=1S/C9H17N3O2/c1-6-3-2-4-7(12-6)9(14)11-5-8(10)13/h6-7,12H,2-5H2,1H3,(H2,10,13)(H,11,14). The van der Waals surface area contributed by atoms with E-state index in [0.717, 1.165) is 19.3 Å². The van der Waals surface area contributed by atoms with Gasteiger partial charge in [0.05, 0.1) is 12.6 Å². The van der Waals surface area contributed by atoms with Crippen molar-refractivity contribution in [2.75, 3.05) is 6.54 Å². The van der Waals surface area contributed by atoms with Gasteiger partial charge >= 0.3 is 0 Å². The van der Waals surface area contributed by atoms with Crippen molar-refractivity contribution in [1.29, 1.82) is 0 Å². The summed E-state index contributed by atoms with van der Waals surface area (Å²) in [5.41, 5.74) is 4.92. The molecule has 80 valence electrons. The number of nitrogens with two attached hydrogens (primary N) is 1. The van der Waals surface area contributed by atoms with Crippen molar-refractivity contribution in [3.05, 3.63) is 0 Å². The Morgan fingerprint density at radius 2 is 2.21 bits per heavy atom. The van der Waals surface area contributed by atoms with Crippen LogP contribution in [0.25, 0.3) is 0 Å². The van der Waals surface area contributed by atoms with Gasteiger partial charge in [0.2, 0.25) is 11.8 Å². The van der Waals surface area contributed by atoms with Crippen LogP contribution in [-0.4, -0.2) is 30.4 Å². The first-order valence-electron chi connectivity index (χ1n) is 4.91. The first kappa shape index (κ1) is 11.0. The lowest BCUT2D eigenvalue weighted by Gasteiger charge is -2.27. The Labute approximate surface area is 83.4 Å². The van der Waals surface area contributed by atoms with Crippen molar-refractivity contribution in [3.8, 4) is 0 Å². The summed E-state index contributed by atoms with van der Waals surface area (Å²) in [4.78, 5) is 21.9. The Morgan fingerprint density at radius 3 is 2.79 bits per heavy atom. The van der Waals surface area contributed by atoms with E-state index in [0.29, 0.717) is 6.04 Å². The molecular weight excluding hydrogens is 182 g/mol. The van der Waals surface area contributed by atoms with Gasteiger partial charge in [0.15, 0.2) is 0 Å². The molecule has 0 bridgehead atoms. The molecular formula is C9H17N3O2. The molecule has 0 saturated carbocycles. The molecule has 2 amide bonds. The molecule has 0 aromatic carbocycles. The van der Waals surface area contributed by atoms with Gasteiger partial charge in [0.25, 0.3) is 0 Å². The lowest BCUT2D eigenvalue weighted by Crippen LogP contribution is -2.51. The highest BCUT2D eigenvalue weighted by atomic mass is 16.2. The number of amides is 2. The summed E-state index contributed by atoms with van der Waals surface area (Å²) < 4.78 is 0. The van der Waals surface area contributed by atoms with Crippen molar-refractivity contribution >= 4 is 11.8 Å². The molecule has 1 heterocycles. The van der Waals surface area contributed by atoms with Crippen LogP contribution in [0.15, 0.2) is 0 Å². The number of rotatable bonds is 3. The summed E-state index contributed by atoms with van der Waals surface area (Å²) in [6.45, 7) is 1.97. The molecule has 1 fully saturated rings. The first-order chi connectivity index (χ1) is 6.59. The van der Waals surface area contributed by atoms with Gasteiger partial charge in [0.1, 0.15) is 0 Å². The summed E-state index contributed by atoms with van der Waals surface area (Å²) in [5, 5.41) is 5.67. The van der Waals surface area contributed by atoms with E-state index in [4.69, 9.17) is 5.73 Å². The van der Waals surface area contributed by atoms with E-state index in [1.165, 1.54) is 0 Å². The SMILES string of the molecule is CC1CCCC(C(=O)NCC(N)=O)N1. The van der Waals surface area contributed by atoms with Crippen molar-refractivity contribution < 1.29 is 9.59 Å². The fourth-order valence-electron chi connectivity index (χ4n) is 1.64. The number of hydrogen-bond donors (Lipinski definition) is 3. The molecule has 0 aromatic heterocycles. The van der Waals surface area contributed by atoms with E-state index < -0.39 is 5.91 Å². The number of piperidine rings is 1. The first-order valence-corrected chi connectivity index (χ1v) is 4.91. The van der Waals surface area contributed by atoms with Gasteiger partial charge < -0.3 is 16.4 Å². The van der Waals surface area contributed by atoms with Gasteiger partial charge in [-0.25, -0.2) is 0 Å². The molecule has 0 spiro atoms. The van der Waals surface area contributed by atoms with Crippen LogP contribution < -0.4 is 16.4 Å². The summed E-state index contributed by atoms with van der Waals surface area (Å²) in [7, 11) is 0. The van der Waals surface area contributed by atoms with E-state index in [1.54, 1.807) is 0 Å². The maximum Gasteiger partial charge on any atom is 0.237 e. The average molecular weight is 199 g/mol. The number of carbonyl (C=O) groups is 2. The second-order valence-electron chi connectivity index (χ2n) is 3.74. The number of nitrogens with one attached hydrogen (secondary N) is 2. The van der Waals surface area contributed by atoms with Gasteiger partial charge in [0, 0.05) is 6.04 Å². The van der Waals surface area contributed by atoms with Crippen LogP contribution in [0.4, 0.5) is 0 Å². The Bertz CT molecular complexity index is 230. The highest BCUT2D eigenvalue weighted by Gasteiger charge is 2.23. The lowest BCUT2D eigenvalue weighted by atomic mass is 9.99. The van der Waals surface area contributed by atoms with Crippen molar-refractivity contribution in [2.24, 2.45) is 5.73 Å². The largest absolute Gasteiger partial charge is 0.368 e. The van der Waals surface area contributed by atoms with Gasteiger partial charge in [-0.2, -0.15) is 0 Å². The van der Waals surface area contributed by atoms with Crippen LogP contribution in [0.1, 0.15) is 26.2 Å². The zero-order chi connectivity index (χ0) is 10.6. The Balaban J connectivity index is 2.32. The van der Waals surface area contributed by atoms with Crippen molar-refractivity contribution in [1.82, 2.24) is 10.6 Å². The molecule has 1 aliphatic rings. The molecule has 0 radical (unpaired) electrons. The van der Waals surface area contributed by atoms with Crippen LogP contribution in [0, 0.1) is 0 Å². The van der Waals surface area contributed by atoms with E-state index in [-0.39, 0.29) is 18.5 Å². The van der Waals surface area contributed by atoms with Gasteiger partial charge in [-0.05, 0) is 26.2 Å². The van der Waals surface area contributed by atoms with Gasteiger partial charge in [-0.3, -0.25) is 9.59 Å². The third-order valence-electron chi connectivity index (χ3n) is 2.37. The monoisotopic (exact) mass is 199 g/mol. The van der Waals surface area contributed by atoms with Gasteiger partial charge in [-0.15, -0.1) is 0 Å². The predicted molar refractivity (Wildman–Crippen MR) is 52.4 cm³/mol. The molecule has 1 saturated heterocycles. The van der Waals surface area contributed by atoms with E-state index >= 15 is 0 Å². The molecule has 0 aliphatic carbocycles. The third kappa shape index (κ3) is 3.33. The molecule has 4 N–H and O–H groups in total. The second kappa shape index (κ2) is 4.95. The van der Waals surface area contributed by atoms with Crippen LogP contribution >= 0.6 is 0 Å². The van der Waals surface area contributed by atoms with Crippen LogP contribution in [0.2, 0.25) is 0 Å². The highest BCUT2D eigenvalue weighted by Crippen LogP contribution is 2.11. The highest BCUT2D eigenvalue weighted by molar-refractivity contribution is 5.86. The van der Waals surface area contributed by atoms with Crippen molar-refractivity contribution in [2.45, 2.75) is 38.3 Å². The number of hydrogen-bond acceptors (Lipinski definition) is 3. The van der Waals surface area contributed by atoms with Crippen LogP contribution in [0.3, 0.4) is 0 Å². The summed E-state index contributed by atoms with van der Waals surface area (Å²) in [6, 6.07) is 0.200. The third-order valence-corrected chi connectivity index (χ3v) is 2.37. The van der Waals surface area contributed by atoms with E-state index in [9.17, 15) is 9.59 Å². The Morgan fingerprint density at radius 1 is 1.50 bits per heavy atom. The van der Waals surface area contributed by atoms with E-state index in [2.05, 4.69) is 10.6 Å². The predicted octanol–water partition coefficient (Wildman–Crippen LogP) is -0.881. The summed E-state index contributed by atoms with van der Waals surface area (Å²) in [6.07, 6.45) is 2.97. The zero-order valence-corrected chi connectivity index (χ0v) is 8.38. The minimum atomic E-state index is -0.512. The van der Waals surface area contributed by atoms with Crippen LogP contribution in [-0.2, 0) is 9.59 Å². The quantitative estimate of drug-likeness (QED) is 0.552. The topological polar surface area (TPSA) is 84.2 Å². The molecule has 2 unspecified atom stereocenters. The van der Waals surface area contributed by atoms with Gasteiger partial charge in [-0.1, -0.05) is 0 Å². The van der Waals surface area contributed by atoms with E-state index in [1.807, 2.05) is 6.92 Å². The minimum absolute atomic E-state index is 0.0780. The molecule has 1 rings (SSSR count). The zero-order valence-electron chi connectivity index (χ0n) is 8.38. The Hall–Kier alpha value is -1.10. The molecule has 2 atom stereocenters. The average Bonchev–Trinajstić information content (AvgIpc) is 2.14. The second-order valence-corrected chi connectivity index (χ2v) is 3.74. The smallest absolute Gasteiger partial charge is 0.237 e. The maximum atomic E-state index is 11.5. The molecule has 5 nitrogen and oxygen atoms in total. The minimum Gasteiger partial charge on any atom is -0.368 e. The number of primary amides is 1. The maximum absolute atomic E-state index is 11.5. The molecule has 14 heavy (non-hydrogen) atoms. The Kier molecular flexibility index (Phi) is 3.88. The molecule has 5 heteroatoms. The normalized spacial score (nSPS) is 26.9. The fourth-order valence-corrected chi connectivity index (χ4v) is 1.64. The van der Waals surface area contributed by atoms with Crippen LogP contribution in [0.5, 0.6) is 0 Å². The molecule has 1 aliphatic heterocycles. The molecule has 0 aromatic rings. The summed E-state index contributed by atoms with van der Waals surface area (Å²) >= 11 is 0. The number of carbonyl (C=O) groups excluding carboxylic acids is 2. The summed E-state index contributed by atoms with van der Waals surface area (Å²) in [5.74, 6) is -0.641. The fraction of sp³-hybridized carbons (Fsp3) is 0.778. The van der Waals surface area contributed by atoms with Crippen molar-refractivity contribution in [3.63, 3.8) is 0 Å². The lowest BCUT2D eigenvalue weighted by molar-refractivity contribution is -0.126.